The zero-order chi connectivity index (χ0) is 7.97. The highest BCUT2D eigenvalue weighted by molar-refractivity contribution is 5.45. The van der Waals surface area contributed by atoms with E-state index in [4.69, 9.17) is 0 Å². The van der Waals surface area contributed by atoms with Crippen molar-refractivity contribution in [2.24, 2.45) is 0 Å². The van der Waals surface area contributed by atoms with Gasteiger partial charge in [-0.1, -0.05) is 17.7 Å². The minimum absolute atomic E-state index is 1.03. The zero-order valence-corrected chi connectivity index (χ0v) is 6.98. The van der Waals surface area contributed by atoms with Gasteiger partial charge in [-0.15, -0.1) is 0 Å². The van der Waals surface area contributed by atoms with Gasteiger partial charge in [0.1, 0.15) is 0 Å². The lowest BCUT2D eigenvalue weighted by Gasteiger charge is -2.15. The van der Waals surface area contributed by atoms with Gasteiger partial charge in [-0.25, -0.2) is 5.43 Å². The van der Waals surface area contributed by atoms with Crippen molar-refractivity contribution in [3.05, 3.63) is 34.6 Å². The van der Waals surface area contributed by atoms with E-state index in [1.807, 2.05) is 0 Å². The van der Waals surface area contributed by atoms with E-state index < -0.39 is 0 Å². The Kier molecular flexibility index (Phi) is 1.21. The van der Waals surface area contributed by atoms with E-state index in [0.717, 1.165) is 13.0 Å². The molecule has 1 heterocycles. The predicted molar refractivity (Wildman–Crippen MR) is 48.2 cm³/mol. The van der Waals surface area contributed by atoms with Crippen LogP contribution in [0.2, 0.25) is 0 Å². The van der Waals surface area contributed by atoms with Crippen LogP contribution in [0.5, 0.6) is 0 Å². The van der Waals surface area contributed by atoms with Crippen molar-refractivity contribution < 1.29 is 0 Å². The summed E-state index contributed by atoms with van der Waals surface area (Å²) in [5.74, 6) is 0. The first-order valence-electron chi connectivity index (χ1n) is 4.51. The molecule has 12 heavy (non-hydrogen) atoms. The second kappa shape index (κ2) is 2.23. The molecule has 0 aromatic heterocycles. The van der Waals surface area contributed by atoms with Crippen LogP contribution < -0.4 is 10.9 Å². The molecule has 0 amide bonds. The highest BCUT2D eigenvalue weighted by Gasteiger charge is 2.23. The molecule has 0 fully saturated rings. The number of rotatable bonds is 0. The second-order valence-corrected chi connectivity index (χ2v) is 3.65. The molecule has 2 aliphatic carbocycles. The molecule has 0 unspecified atom stereocenters. The predicted octanol–water partition coefficient (Wildman–Crippen LogP) is 1.40. The first-order valence-corrected chi connectivity index (χ1v) is 4.51. The monoisotopic (exact) mass is 160 g/mol. The largest absolute Gasteiger partial charge is 0.325 e. The summed E-state index contributed by atoms with van der Waals surface area (Å²) in [6.07, 6.45) is 8.05. The van der Waals surface area contributed by atoms with Gasteiger partial charge >= 0.3 is 0 Å². The van der Waals surface area contributed by atoms with E-state index in [0.29, 0.717) is 0 Å². The third kappa shape index (κ3) is 0.786. The topological polar surface area (TPSA) is 24.1 Å². The number of nitrogens with one attached hydrogen (secondary N) is 2. The Balaban J connectivity index is 1.93. The molecule has 0 radical (unpaired) electrons. The van der Waals surface area contributed by atoms with Gasteiger partial charge in [0.15, 0.2) is 0 Å². The Hall–Kier alpha value is -1.02. The van der Waals surface area contributed by atoms with Gasteiger partial charge in [0.25, 0.3) is 0 Å². The van der Waals surface area contributed by atoms with Gasteiger partial charge < -0.3 is 5.43 Å². The van der Waals surface area contributed by atoms with E-state index in [1.54, 1.807) is 16.7 Å². The summed E-state index contributed by atoms with van der Waals surface area (Å²) < 4.78 is 0. The number of hydrazine groups is 1. The van der Waals surface area contributed by atoms with E-state index in [1.165, 1.54) is 18.5 Å². The lowest BCUT2D eigenvalue weighted by Crippen LogP contribution is -2.23. The van der Waals surface area contributed by atoms with Crippen molar-refractivity contribution in [1.29, 1.82) is 0 Å². The van der Waals surface area contributed by atoms with Crippen LogP contribution in [-0.4, -0.2) is 6.54 Å². The van der Waals surface area contributed by atoms with E-state index in [2.05, 4.69) is 23.0 Å². The Morgan fingerprint density at radius 1 is 1.17 bits per heavy atom. The second-order valence-electron chi connectivity index (χ2n) is 3.65. The smallest absolute Gasteiger partial charge is 0.0381 e. The summed E-state index contributed by atoms with van der Waals surface area (Å²) in [7, 11) is 0. The summed E-state index contributed by atoms with van der Waals surface area (Å²) in [6.45, 7) is 1.03. The Bertz CT molecular complexity index is 321. The highest BCUT2D eigenvalue weighted by atomic mass is 15.4. The summed E-state index contributed by atoms with van der Waals surface area (Å²) in [4.78, 5) is 0. The fourth-order valence-electron chi connectivity index (χ4n) is 2.20. The van der Waals surface area contributed by atoms with Crippen molar-refractivity contribution >= 4 is 0 Å². The maximum atomic E-state index is 3.23. The maximum absolute atomic E-state index is 3.23. The molecule has 0 aromatic carbocycles. The number of hydrogen-bond donors (Lipinski definition) is 2. The molecule has 0 aromatic rings. The van der Waals surface area contributed by atoms with E-state index in [-0.39, 0.29) is 0 Å². The molecule has 2 heteroatoms. The van der Waals surface area contributed by atoms with Gasteiger partial charge in [0.2, 0.25) is 0 Å². The molecule has 1 aliphatic heterocycles. The van der Waals surface area contributed by atoms with Crippen LogP contribution in [0, 0.1) is 0 Å². The Morgan fingerprint density at radius 2 is 2.17 bits per heavy atom. The normalized spacial score (nSPS) is 26.0. The minimum atomic E-state index is 1.03. The third-order valence-corrected chi connectivity index (χ3v) is 2.90. The van der Waals surface area contributed by atoms with Crippen molar-refractivity contribution in [2.75, 3.05) is 6.54 Å². The highest BCUT2D eigenvalue weighted by Crippen LogP contribution is 2.35. The lowest BCUT2D eigenvalue weighted by molar-refractivity contribution is 0.687. The van der Waals surface area contributed by atoms with Crippen LogP contribution >= 0.6 is 0 Å². The van der Waals surface area contributed by atoms with Gasteiger partial charge in [-0.05, 0) is 24.0 Å². The molecule has 3 aliphatic rings. The lowest BCUT2D eigenvalue weighted by atomic mass is 9.92. The molecular weight excluding hydrogens is 148 g/mol. The molecule has 0 bridgehead atoms. The molecule has 0 spiro atoms. The van der Waals surface area contributed by atoms with Gasteiger partial charge in [0, 0.05) is 18.7 Å². The number of hydrogen-bond acceptors (Lipinski definition) is 2. The van der Waals surface area contributed by atoms with Crippen molar-refractivity contribution in [1.82, 2.24) is 10.9 Å². The summed E-state index contributed by atoms with van der Waals surface area (Å²) in [5.41, 5.74) is 12.6. The number of allylic oxidation sites excluding steroid dienone is 4. The van der Waals surface area contributed by atoms with Gasteiger partial charge in [-0.3, -0.25) is 0 Å². The van der Waals surface area contributed by atoms with E-state index >= 15 is 0 Å². The molecule has 2 N–H and O–H groups in total. The molecule has 0 saturated carbocycles. The molecule has 0 atom stereocenters. The van der Waals surface area contributed by atoms with Crippen LogP contribution in [0.4, 0.5) is 0 Å². The molecule has 3 rings (SSSR count). The van der Waals surface area contributed by atoms with Crippen LogP contribution in [0.25, 0.3) is 0 Å². The first-order chi connectivity index (χ1) is 5.93. The molecule has 2 nitrogen and oxygen atoms in total. The SMILES string of the molecule is C1=CC2=C(C1)CC1=C(C2)NNC1. The van der Waals surface area contributed by atoms with Crippen LogP contribution in [0.15, 0.2) is 34.6 Å². The average molecular weight is 160 g/mol. The average Bonchev–Trinajstić information content (AvgIpc) is 2.64. The van der Waals surface area contributed by atoms with E-state index in [9.17, 15) is 0 Å². The zero-order valence-electron chi connectivity index (χ0n) is 6.98. The van der Waals surface area contributed by atoms with Crippen LogP contribution in [0.1, 0.15) is 19.3 Å². The standard InChI is InChI=1S/C10H12N2/c1-2-7-4-9-6-11-12-10(9)5-8(7)3-1/h1,3,11-12H,2,4-6H2. The molecular formula is C10H12N2. The first kappa shape index (κ1) is 6.49. The third-order valence-electron chi connectivity index (χ3n) is 2.90. The summed E-state index contributed by atoms with van der Waals surface area (Å²) in [5, 5.41) is 0. The van der Waals surface area contributed by atoms with Crippen molar-refractivity contribution in [3.8, 4) is 0 Å². The fraction of sp³-hybridized carbons (Fsp3) is 0.400. The molecule has 62 valence electrons. The molecule has 0 saturated heterocycles. The quantitative estimate of drug-likeness (QED) is 0.559. The van der Waals surface area contributed by atoms with Crippen LogP contribution in [0.3, 0.4) is 0 Å². The van der Waals surface area contributed by atoms with Gasteiger partial charge in [-0.2, -0.15) is 0 Å². The Labute approximate surface area is 72.0 Å². The van der Waals surface area contributed by atoms with Crippen molar-refractivity contribution in [2.45, 2.75) is 19.3 Å². The summed E-state index contributed by atoms with van der Waals surface area (Å²) in [6, 6.07) is 0. The van der Waals surface area contributed by atoms with Gasteiger partial charge in [0.05, 0.1) is 0 Å². The summed E-state index contributed by atoms with van der Waals surface area (Å²) >= 11 is 0. The van der Waals surface area contributed by atoms with Crippen LogP contribution in [-0.2, 0) is 0 Å². The fourth-order valence-corrected chi connectivity index (χ4v) is 2.20. The van der Waals surface area contributed by atoms with Crippen molar-refractivity contribution in [3.63, 3.8) is 0 Å². The maximum Gasteiger partial charge on any atom is 0.0381 e. The minimum Gasteiger partial charge on any atom is -0.325 e. The Morgan fingerprint density at radius 3 is 3.17 bits per heavy atom.